The molecule has 144 valence electrons. The topological polar surface area (TPSA) is 71.3 Å². The number of aromatic nitrogens is 2. The molecule has 4 rings (SSSR count). The summed E-state index contributed by atoms with van der Waals surface area (Å²) in [5.41, 5.74) is 1.51. The Balaban J connectivity index is 1.36. The van der Waals surface area contributed by atoms with E-state index >= 15 is 0 Å². The van der Waals surface area contributed by atoms with E-state index in [-0.39, 0.29) is 17.6 Å². The first-order valence-electron chi connectivity index (χ1n) is 9.34. The SMILES string of the molecule is O=C(Nc1ccccc1)[C@H]1CCCN(Cc2nc(-c3ccc(F)cc3)no2)C1. The number of carbonyl (C=O) groups excluding carboxylic acids is 1. The highest BCUT2D eigenvalue weighted by atomic mass is 19.1. The Bertz CT molecular complexity index is 927. The van der Waals surface area contributed by atoms with Crippen molar-refractivity contribution in [1.29, 1.82) is 0 Å². The number of carbonyl (C=O) groups is 1. The molecule has 1 aliphatic heterocycles. The molecule has 2 aromatic carbocycles. The first kappa shape index (κ1) is 18.3. The first-order chi connectivity index (χ1) is 13.7. The fourth-order valence-corrected chi connectivity index (χ4v) is 3.41. The van der Waals surface area contributed by atoms with Crippen LogP contribution in [0.5, 0.6) is 0 Å². The number of hydrogen-bond acceptors (Lipinski definition) is 5. The summed E-state index contributed by atoms with van der Waals surface area (Å²) in [4.78, 5) is 19.1. The lowest BCUT2D eigenvalue weighted by Crippen LogP contribution is -2.40. The van der Waals surface area contributed by atoms with E-state index in [0.29, 0.717) is 30.4 Å². The first-order valence-corrected chi connectivity index (χ1v) is 9.34. The van der Waals surface area contributed by atoms with Gasteiger partial charge < -0.3 is 9.84 Å². The van der Waals surface area contributed by atoms with Crippen LogP contribution in [0.25, 0.3) is 11.4 Å². The molecule has 7 heteroatoms. The van der Waals surface area contributed by atoms with Crippen LogP contribution in [0.2, 0.25) is 0 Å². The Morgan fingerprint density at radius 1 is 1.18 bits per heavy atom. The van der Waals surface area contributed by atoms with Gasteiger partial charge in [-0.3, -0.25) is 9.69 Å². The molecule has 1 aromatic heterocycles. The summed E-state index contributed by atoms with van der Waals surface area (Å²) < 4.78 is 18.4. The van der Waals surface area contributed by atoms with Crippen LogP contribution in [0.4, 0.5) is 10.1 Å². The van der Waals surface area contributed by atoms with Crippen LogP contribution in [0.1, 0.15) is 18.7 Å². The maximum absolute atomic E-state index is 13.1. The molecule has 1 amide bonds. The van der Waals surface area contributed by atoms with Crippen LogP contribution < -0.4 is 5.32 Å². The largest absolute Gasteiger partial charge is 0.338 e. The minimum atomic E-state index is -0.305. The molecule has 0 spiro atoms. The van der Waals surface area contributed by atoms with Crippen molar-refractivity contribution in [3.63, 3.8) is 0 Å². The number of para-hydroxylation sites is 1. The van der Waals surface area contributed by atoms with Crippen LogP contribution >= 0.6 is 0 Å². The second kappa shape index (κ2) is 8.31. The third-order valence-electron chi connectivity index (χ3n) is 4.85. The Labute approximate surface area is 162 Å². The summed E-state index contributed by atoms with van der Waals surface area (Å²) in [7, 11) is 0. The molecule has 1 atom stereocenters. The molecule has 0 bridgehead atoms. The smallest absolute Gasteiger partial charge is 0.241 e. The van der Waals surface area contributed by atoms with Crippen molar-refractivity contribution in [2.45, 2.75) is 19.4 Å². The summed E-state index contributed by atoms with van der Waals surface area (Å²) in [6, 6.07) is 15.5. The normalized spacial score (nSPS) is 17.4. The quantitative estimate of drug-likeness (QED) is 0.730. The summed E-state index contributed by atoms with van der Waals surface area (Å²) >= 11 is 0. The van der Waals surface area contributed by atoms with Crippen LogP contribution in [-0.2, 0) is 11.3 Å². The number of nitrogens with one attached hydrogen (secondary N) is 1. The van der Waals surface area contributed by atoms with Crippen molar-refractivity contribution in [2.75, 3.05) is 18.4 Å². The van der Waals surface area contributed by atoms with E-state index in [4.69, 9.17) is 4.52 Å². The molecule has 1 fully saturated rings. The van der Waals surface area contributed by atoms with Gasteiger partial charge in [0.2, 0.25) is 17.6 Å². The van der Waals surface area contributed by atoms with Gasteiger partial charge in [-0.15, -0.1) is 0 Å². The maximum Gasteiger partial charge on any atom is 0.241 e. The molecule has 1 saturated heterocycles. The van der Waals surface area contributed by atoms with Crippen molar-refractivity contribution < 1.29 is 13.7 Å². The molecule has 6 nitrogen and oxygen atoms in total. The third-order valence-corrected chi connectivity index (χ3v) is 4.85. The highest BCUT2D eigenvalue weighted by Gasteiger charge is 2.27. The van der Waals surface area contributed by atoms with E-state index in [9.17, 15) is 9.18 Å². The lowest BCUT2D eigenvalue weighted by molar-refractivity contribution is -0.121. The molecule has 1 N–H and O–H groups in total. The minimum Gasteiger partial charge on any atom is -0.338 e. The van der Waals surface area contributed by atoms with E-state index in [1.165, 1.54) is 12.1 Å². The summed E-state index contributed by atoms with van der Waals surface area (Å²) in [6.07, 6.45) is 1.80. The number of rotatable bonds is 5. The number of likely N-dealkylation sites (tertiary alicyclic amines) is 1. The van der Waals surface area contributed by atoms with Crippen LogP contribution in [-0.4, -0.2) is 34.0 Å². The number of anilines is 1. The van der Waals surface area contributed by atoms with Gasteiger partial charge in [-0.2, -0.15) is 4.98 Å². The highest BCUT2D eigenvalue weighted by Crippen LogP contribution is 2.21. The van der Waals surface area contributed by atoms with E-state index < -0.39 is 0 Å². The number of benzene rings is 2. The standard InChI is InChI=1S/C21H21FN4O2/c22-17-10-8-15(9-11-17)20-24-19(28-25-20)14-26-12-4-5-16(13-26)21(27)23-18-6-2-1-3-7-18/h1-3,6-11,16H,4-5,12-14H2,(H,23,27)/t16-/m0/s1. The van der Waals surface area contributed by atoms with Crippen molar-refractivity contribution in [3.05, 3.63) is 66.3 Å². The molecule has 0 radical (unpaired) electrons. The van der Waals surface area contributed by atoms with Gasteiger partial charge in [-0.1, -0.05) is 23.4 Å². The van der Waals surface area contributed by atoms with Gasteiger partial charge in [-0.25, -0.2) is 4.39 Å². The van der Waals surface area contributed by atoms with Crippen molar-refractivity contribution in [1.82, 2.24) is 15.0 Å². The molecule has 0 unspecified atom stereocenters. The van der Waals surface area contributed by atoms with Gasteiger partial charge >= 0.3 is 0 Å². The highest BCUT2D eigenvalue weighted by molar-refractivity contribution is 5.92. The van der Waals surface area contributed by atoms with Gasteiger partial charge in [0.05, 0.1) is 12.5 Å². The lowest BCUT2D eigenvalue weighted by Gasteiger charge is -2.30. The number of halogens is 1. The molecule has 2 heterocycles. The Morgan fingerprint density at radius 3 is 2.75 bits per heavy atom. The molecule has 0 aliphatic carbocycles. The summed E-state index contributed by atoms with van der Waals surface area (Å²) in [6.45, 7) is 2.01. The van der Waals surface area contributed by atoms with Gasteiger partial charge in [0.1, 0.15) is 5.82 Å². The predicted molar refractivity (Wildman–Crippen MR) is 103 cm³/mol. The zero-order valence-corrected chi connectivity index (χ0v) is 15.3. The molecule has 0 saturated carbocycles. The number of amides is 1. The molecular formula is C21H21FN4O2. The van der Waals surface area contributed by atoms with E-state index in [0.717, 1.165) is 25.1 Å². The zero-order valence-electron chi connectivity index (χ0n) is 15.3. The van der Waals surface area contributed by atoms with E-state index in [2.05, 4.69) is 20.4 Å². The minimum absolute atomic E-state index is 0.0356. The second-order valence-corrected chi connectivity index (χ2v) is 6.95. The van der Waals surface area contributed by atoms with Gasteiger partial charge in [0.25, 0.3) is 0 Å². The molecular weight excluding hydrogens is 359 g/mol. The van der Waals surface area contributed by atoms with Crippen LogP contribution in [0, 0.1) is 11.7 Å². The Hall–Kier alpha value is -3.06. The van der Waals surface area contributed by atoms with Crippen molar-refractivity contribution in [3.8, 4) is 11.4 Å². The zero-order chi connectivity index (χ0) is 19.3. The van der Waals surface area contributed by atoms with Crippen molar-refractivity contribution in [2.24, 2.45) is 5.92 Å². The number of piperidine rings is 1. The van der Waals surface area contributed by atoms with E-state index in [1.807, 2.05) is 30.3 Å². The second-order valence-electron chi connectivity index (χ2n) is 6.95. The average molecular weight is 380 g/mol. The maximum atomic E-state index is 13.1. The molecule has 28 heavy (non-hydrogen) atoms. The van der Waals surface area contributed by atoms with Gasteiger partial charge in [0.15, 0.2) is 0 Å². The van der Waals surface area contributed by atoms with E-state index in [1.54, 1.807) is 12.1 Å². The number of hydrogen-bond donors (Lipinski definition) is 1. The average Bonchev–Trinajstić information content (AvgIpc) is 3.18. The fourth-order valence-electron chi connectivity index (χ4n) is 3.41. The third kappa shape index (κ3) is 4.43. The van der Waals surface area contributed by atoms with Crippen LogP contribution in [0.15, 0.2) is 59.1 Å². The lowest BCUT2D eigenvalue weighted by atomic mass is 9.97. The monoisotopic (exact) mass is 380 g/mol. The van der Waals surface area contributed by atoms with Crippen LogP contribution in [0.3, 0.4) is 0 Å². The fraction of sp³-hybridized carbons (Fsp3) is 0.286. The molecule has 1 aliphatic rings. The Morgan fingerprint density at radius 2 is 1.96 bits per heavy atom. The Kier molecular flexibility index (Phi) is 5.43. The summed E-state index contributed by atoms with van der Waals surface area (Å²) in [5.74, 6) is 0.580. The predicted octanol–water partition coefficient (Wildman–Crippen LogP) is 3.73. The molecule has 3 aromatic rings. The summed E-state index contributed by atoms with van der Waals surface area (Å²) in [5, 5.41) is 6.96. The van der Waals surface area contributed by atoms with Gasteiger partial charge in [0, 0.05) is 17.8 Å². The van der Waals surface area contributed by atoms with Gasteiger partial charge in [-0.05, 0) is 55.8 Å². The number of nitrogens with zero attached hydrogens (tertiary/aromatic N) is 3. The van der Waals surface area contributed by atoms with Crippen molar-refractivity contribution >= 4 is 11.6 Å².